The Morgan fingerprint density at radius 2 is 2.47 bits per heavy atom. The smallest absolute Gasteiger partial charge is 0.339 e. The van der Waals surface area contributed by atoms with Crippen LogP contribution in [0.25, 0.3) is 0 Å². The van der Waals surface area contributed by atoms with Crippen LogP contribution < -0.4 is 5.32 Å². The van der Waals surface area contributed by atoms with Crippen molar-refractivity contribution in [3.63, 3.8) is 0 Å². The topological polar surface area (TPSA) is 65.5 Å². The number of piperidine rings is 1. The number of likely N-dealkylation sites (N-methyl/N-ethyl adjacent to an activating group) is 1. The first kappa shape index (κ1) is 11.9. The molecule has 2 heterocycles. The number of hydrogen-bond acceptors (Lipinski definition) is 4. The van der Waals surface area contributed by atoms with Gasteiger partial charge in [0.15, 0.2) is 0 Å². The molecule has 1 fully saturated rings. The lowest BCUT2D eigenvalue weighted by Gasteiger charge is -2.30. The summed E-state index contributed by atoms with van der Waals surface area (Å²) in [5.74, 6) is -0.468. The first-order valence-corrected chi connectivity index (χ1v) is 5.80. The molecule has 1 aliphatic rings. The third kappa shape index (κ3) is 2.94. The van der Waals surface area contributed by atoms with Crippen molar-refractivity contribution in [2.45, 2.75) is 18.9 Å². The van der Waals surface area contributed by atoms with E-state index in [0.717, 1.165) is 25.9 Å². The van der Waals surface area contributed by atoms with Crippen molar-refractivity contribution in [3.8, 4) is 0 Å². The van der Waals surface area contributed by atoms with Gasteiger partial charge >= 0.3 is 5.97 Å². The molecule has 0 aromatic carbocycles. The second-order valence-electron chi connectivity index (χ2n) is 4.45. The number of anilines is 1. The highest BCUT2D eigenvalue weighted by molar-refractivity contribution is 5.93. The fourth-order valence-electron chi connectivity index (χ4n) is 2.17. The van der Waals surface area contributed by atoms with Crippen LogP contribution in [0.4, 0.5) is 5.82 Å². The number of carbonyl (C=O) groups is 1. The Balaban J connectivity index is 2.10. The van der Waals surface area contributed by atoms with E-state index in [1.807, 2.05) is 0 Å². The average Bonchev–Trinajstić information content (AvgIpc) is 2.29. The first-order valence-electron chi connectivity index (χ1n) is 5.80. The molecule has 1 atom stereocenters. The predicted molar refractivity (Wildman–Crippen MR) is 65.3 cm³/mol. The molecule has 0 aliphatic carbocycles. The van der Waals surface area contributed by atoms with Crippen LogP contribution in [0.5, 0.6) is 0 Å². The highest BCUT2D eigenvalue weighted by Crippen LogP contribution is 2.17. The maximum atomic E-state index is 11.0. The quantitative estimate of drug-likeness (QED) is 0.826. The summed E-state index contributed by atoms with van der Waals surface area (Å²) >= 11 is 0. The van der Waals surface area contributed by atoms with Crippen LogP contribution in [-0.4, -0.2) is 47.1 Å². The van der Waals surface area contributed by atoms with Crippen LogP contribution in [0.15, 0.2) is 18.3 Å². The van der Waals surface area contributed by atoms with Crippen molar-refractivity contribution in [2.75, 3.05) is 25.5 Å². The van der Waals surface area contributed by atoms with Gasteiger partial charge in [0.05, 0.1) is 0 Å². The third-order valence-electron chi connectivity index (χ3n) is 3.00. The van der Waals surface area contributed by atoms with Gasteiger partial charge in [0.1, 0.15) is 11.4 Å². The van der Waals surface area contributed by atoms with Crippen molar-refractivity contribution in [2.24, 2.45) is 0 Å². The van der Waals surface area contributed by atoms with Crippen molar-refractivity contribution < 1.29 is 9.90 Å². The molecule has 1 aromatic heterocycles. The SMILES string of the molecule is CN1CCCC(Nc2ncccc2C(=O)O)C1. The molecule has 5 nitrogen and oxygen atoms in total. The van der Waals surface area contributed by atoms with E-state index in [2.05, 4.69) is 22.2 Å². The van der Waals surface area contributed by atoms with E-state index in [4.69, 9.17) is 5.11 Å². The van der Waals surface area contributed by atoms with Crippen molar-refractivity contribution in [3.05, 3.63) is 23.9 Å². The number of nitrogens with one attached hydrogen (secondary N) is 1. The number of carboxylic acids is 1. The minimum Gasteiger partial charge on any atom is -0.478 e. The number of aromatic carboxylic acids is 1. The number of pyridine rings is 1. The summed E-state index contributed by atoms with van der Waals surface area (Å²) in [5, 5.41) is 12.3. The summed E-state index contributed by atoms with van der Waals surface area (Å²) in [4.78, 5) is 17.4. The summed E-state index contributed by atoms with van der Waals surface area (Å²) in [5.41, 5.74) is 0.237. The molecule has 1 saturated heterocycles. The van der Waals surface area contributed by atoms with Gasteiger partial charge < -0.3 is 15.3 Å². The van der Waals surface area contributed by atoms with Gasteiger partial charge in [0, 0.05) is 18.8 Å². The normalized spacial score (nSPS) is 21.1. The van der Waals surface area contributed by atoms with Crippen LogP contribution >= 0.6 is 0 Å². The van der Waals surface area contributed by atoms with Crippen molar-refractivity contribution >= 4 is 11.8 Å². The Labute approximate surface area is 100 Å². The van der Waals surface area contributed by atoms with Crippen LogP contribution in [-0.2, 0) is 0 Å². The summed E-state index contributed by atoms with van der Waals surface area (Å²) in [6, 6.07) is 3.49. The minimum atomic E-state index is -0.940. The maximum Gasteiger partial charge on any atom is 0.339 e. The molecule has 1 unspecified atom stereocenters. The van der Waals surface area contributed by atoms with E-state index < -0.39 is 5.97 Å². The third-order valence-corrected chi connectivity index (χ3v) is 3.00. The predicted octanol–water partition coefficient (Wildman–Crippen LogP) is 1.29. The van der Waals surface area contributed by atoms with E-state index in [-0.39, 0.29) is 11.6 Å². The van der Waals surface area contributed by atoms with Gasteiger partial charge in [-0.1, -0.05) is 0 Å². The summed E-state index contributed by atoms with van der Waals surface area (Å²) in [6.45, 7) is 2.03. The van der Waals surface area contributed by atoms with Gasteiger partial charge in [-0.2, -0.15) is 0 Å². The number of hydrogen-bond donors (Lipinski definition) is 2. The fourth-order valence-corrected chi connectivity index (χ4v) is 2.17. The van der Waals surface area contributed by atoms with Crippen molar-refractivity contribution in [1.82, 2.24) is 9.88 Å². The molecule has 5 heteroatoms. The summed E-state index contributed by atoms with van der Waals surface area (Å²) in [7, 11) is 2.07. The largest absolute Gasteiger partial charge is 0.478 e. The van der Waals surface area contributed by atoms with Crippen LogP contribution in [0.2, 0.25) is 0 Å². The molecule has 17 heavy (non-hydrogen) atoms. The zero-order chi connectivity index (χ0) is 12.3. The zero-order valence-corrected chi connectivity index (χ0v) is 9.89. The molecule has 0 bridgehead atoms. The molecule has 2 N–H and O–H groups in total. The van der Waals surface area contributed by atoms with E-state index in [1.54, 1.807) is 18.3 Å². The van der Waals surface area contributed by atoms with Gasteiger partial charge in [0.25, 0.3) is 0 Å². The number of rotatable bonds is 3. The number of nitrogens with zero attached hydrogens (tertiary/aromatic N) is 2. The Hall–Kier alpha value is -1.62. The van der Waals surface area contributed by atoms with Gasteiger partial charge in [-0.15, -0.1) is 0 Å². The summed E-state index contributed by atoms with van der Waals surface area (Å²) < 4.78 is 0. The number of carboxylic acid groups (broad SMARTS) is 1. The lowest BCUT2D eigenvalue weighted by atomic mass is 10.1. The van der Waals surface area contributed by atoms with Gasteiger partial charge in [-0.25, -0.2) is 9.78 Å². The second-order valence-corrected chi connectivity index (χ2v) is 4.45. The Morgan fingerprint density at radius 3 is 3.18 bits per heavy atom. The van der Waals surface area contributed by atoms with Gasteiger partial charge in [-0.05, 0) is 38.6 Å². The lowest BCUT2D eigenvalue weighted by Crippen LogP contribution is -2.40. The van der Waals surface area contributed by atoms with Crippen LogP contribution in [0.3, 0.4) is 0 Å². The maximum absolute atomic E-state index is 11.0. The number of aromatic nitrogens is 1. The lowest BCUT2D eigenvalue weighted by molar-refractivity contribution is 0.0697. The standard InChI is InChI=1S/C12H17N3O2/c1-15-7-3-4-9(8-15)14-11-10(12(16)17)5-2-6-13-11/h2,5-6,9H,3-4,7-8H2,1H3,(H,13,14)(H,16,17). The van der Waals surface area contributed by atoms with E-state index in [1.165, 1.54) is 0 Å². The van der Waals surface area contributed by atoms with Crippen LogP contribution in [0, 0.1) is 0 Å². The fraction of sp³-hybridized carbons (Fsp3) is 0.500. The minimum absolute atomic E-state index is 0.237. The van der Waals surface area contributed by atoms with E-state index in [9.17, 15) is 4.79 Å². The molecule has 1 aliphatic heterocycles. The molecule has 2 rings (SSSR count). The highest BCUT2D eigenvalue weighted by Gasteiger charge is 2.19. The summed E-state index contributed by atoms with van der Waals surface area (Å²) in [6.07, 6.45) is 3.80. The highest BCUT2D eigenvalue weighted by atomic mass is 16.4. The molecule has 0 amide bonds. The molecule has 0 saturated carbocycles. The van der Waals surface area contributed by atoms with E-state index >= 15 is 0 Å². The van der Waals surface area contributed by atoms with Gasteiger partial charge in [-0.3, -0.25) is 0 Å². The molecule has 92 valence electrons. The Kier molecular flexibility index (Phi) is 3.58. The molecular weight excluding hydrogens is 218 g/mol. The van der Waals surface area contributed by atoms with Crippen molar-refractivity contribution in [1.29, 1.82) is 0 Å². The van der Waals surface area contributed by atoms with E-state index in [0.29, 0.717) is 5.82 Å². The second kappa shape index (κ2) is 5.14. The molecule has 0 radical (unpaired) electrons. The average molecular weight is 235 g/mol. The number of likely N-dealkylation sites (tertiary alicyclic amines) is 1. The molecular formula is C12H17N3O2. The Morgan fingerprint density at radius 1 is 1.65 bits per heavy atom. The molecule has 0 spiro atoms. The van der Waals surface area contributed by atoms with Crippen LogP contribution in [0.1, 0.15) is 23.2 Å². The zero-order valence-electron chi connectivity index (χ0n) is 9.89. The molecule has 1 aromatic rings. The van der Waals surface area contributed by atoms with Gasteiger partial charge in [0.2, 0.25) is 0 Å². The Bertz CT molecular complexity index is 408. The monoisotopic (exact) mass is 235 g/mol. The first-order chi connectivity index (χ1) is 8.16.